The van der Waals surface area contributed by atoms with Crippen LogP contribution in [0.1, 0.15) is 0 Å². The number of hydrogen-bond donors (Lipinski definition) is 2. The molecule has 1 fully saturated rings. The van der Waals surface area contributed by atoms with Gasteiger partial charge in [0.05, 0.1) is 20.4 Å². The molecule has 168 valence electrons. The first-order valence-electron chi connectivity index (χ1n) is 10.4. The lowest BCUT2D eigenvalue weighted by Crippen LogP contribution is -2.44. The molecule has 1 aromatic heterocycles. The highest BCUT2D eigenvalue weighted by Crippen LogP contribution is 2.30. The topological polar surface area (TPSA) is 74.8 Å². The van der Waals surface area contributed by atoms with Crippen molar-refractivity contribution in [2.45, 2.75) is 0 Å². The van der Waals surface area contributed by atoms with Crippen molar-refractivity contribution in [2.75, 3.05) is 63.0 Å². The molecule has 1 saturated heterocycles. The molecule has 32 heavy (non-hydrogen) atoms. The van der Waals surface area contributed by atoms with E-state index in [1.54, 1.807) is 26.5 Å². The van der Waals surface area contributed by atoms with Crippen LogP contribution in [-0.4, -0.2) is 62.3 Å². The third-order valence-corrected chi connectivity index (χ3v) is 5.63. The molecule has 4 rings (SSSR count). The molecule has 0 amide bonds. The predicted molar refractivity (Wildman–Crippen MR) is 129 cm³/mol. The van der Waals surface area contributed by atoms with Crippen LogP contribution in [0.5, 0.6) is 11.5 Å². The highest BCUT2D eigenvalue weighted by Gasteiger charge is 2.14. The number of halogens is 1. The Morgan fingerprint density at radius 3 is 2.16 bits per heavy atom. The summed E-state index contributed by atoms with van der Waals surface area (Å²) in [5.41, 5.74) is 2.86. The van der Waals surface area contributed by atoms with Gasteiger partial charge >= 0.3 is 0 Å². The zero-order valence-electron chi connectivity index (χ0n) is 18.4. The molecule has 3 aromatic rings. The maximum absolute atomic E-state index is 6.33. The second-order valence-corrected chi connectivity index (χ2v) is 7.99. The van der Waals surface area contributed by atoms with E-state index in [0.717, 1.165) is 37.6 Å². The Balaban J connectivity index is 1.47. The Labute approximate surface area is 193 Å². The van der Waals surface area contributed by atoms with E-state index in [2.05, 4.69) is 49.6 Å². The van der Waals surface area contributed by atoms with Gasteiger partial charge in [-0.3, -0.25) is 0 Å². The summed E-state index contributed by atoms with van der Waals surface area (Å²) >= 11 is 6.33. The summed E-state index contributed by atoms with van der Waals surface area (Å²) in [5, 5.41) is 6.86. The van der Waals surface area contributed by atoms with Gasteiger partial charge in [0.2, 0.25) is 5.95 Å². The van der Waals surface area contributed by atoms with E-state index in [4.69, 9.17) is 21.1 Å². The van der Waals surface area contributed by atoms with Crippen LogP contribution in [0.3, 0.4) is 0 Å². The Morgan fingerprint density at radius 1 is 0.875 bits per heavy atom. The number of anilines is 5. The lowest BCUT2D eigenvalue weighted by Gasteiger charge is -2.34. The summed E-state index contributed by atoms with van der Waals surface area (Å²) in [6.45, 7) is 4.22. The first kappa shape index (κ1) is 22.0. The highest BCUT2D eigenvalue weighted by molar-refractivity contribution is 6.32. The first-order chi connectivity index (χ1) is 15.5. The summed E-state index contributed by atoms with van der Waals surface area (Å²) in [6.07, 6.45) is 1.56. The molecule has 9 heteroatoms. The maximum Gasteiger partial charge on any atom is 0.229 e. The molecule has 8 nitrogen and oxygen atoms in total. The van der Waals surface area contributed by atoms with Gasteiger partial charge in [-0.15, -0.1) is 0 Å². The molecular weight excluding hydrogens is 428 g/mol. The molecule has 1 aliphatic rings. The van der Waals surface area contributed by atoms with Crippen LogP contribution in [0, 0.1) is 0 Å². The van der Waals surface area contributed by atoms with Gasteiger partial charge in [0, 0.05) is 61.4 Å². The minimum Gasteiger partial charge on any atom is -0.497 e. The van der Waals surface area contributed by atoms with E-state index in [9.17, 15) is 0 Å². The van der Waals surface area contributed by atoms with Gasteiger partial charge in [-0.25, -0.2) is 4.98 Å². The van der Waals surface area contributed by atoms with Crippen molar-refractivity contribution in [1.82, 2.24) is 14.9 Å². The monoisotopic (exact) mass is 454 g/mol. The number of nitrogens with one attached hydrogen (secondary N) is 2. The fraction of sp³-hybridized carbons (Fsp3) is 0.304. The largest absolute Gasteiger partial charge is 0.497 e. The fourth-order valence-corrected chi connectivity index (χ4v) is 3.62. The zero-order chi connectivity index (χ0) is 22.5. The number of rotatable bonds is 7. The van der Waals surface area contributed by atoms with Crippen LogP contribution in [0.4, 0.5) is 28.8 Å². The van der Waals surface area contributed by atoms with Crippen LogP contribution in [0.15, 0.2) is 48.7 Å². The second-order valence-electron chi connectivity index (χ2n) is 7.58. The summed E-state index contributed by atoms with van der Waals surface area (Å²) in [5.74, 6) is 2.25. The number of ether oxygens (including phenoxy) is 2. The maximum atomic E-state index is 6.33. The van der Waals surface area contributed by atoms with Crippen molar-refractivity contribution in [2.24, 2.45) is 0 Å². The van der Waals surface area contributed by atoms with Gasteiger partial charge in [0.1, 0.15) is 16.5 Å². The van der Waals surface area contributed by atoms with Crippen molar-refractivity contribution in [3.8, 4) is 11.5 Å². The average Bonchev–Trinajstić information content (AvgIpc) is 2.82. The highest BCUT2D eigenvalue weighted by atomic mass is 35.5. The Bertz CT molecular complexity index is 1030. The molecule has 0 radical (unpaired) electrons. The number of benzene rings is 2. The van der Waals surface area contributed by atoms with E-state index in [1.807, 2.05) is 24.3 Å². The number of aromatic nitrogens is 2. The van der Waals surface area contributed by atoms with Gasteiger partial charge in [-0.05, 0) is 31.3 Å². The number of hydrogen-bond acceptors (Lipinski definition) is 8. The molecule has 0 aliphatic carbocycles. The molecule has 1 aliphatic heterocycles. The number of nitrogens with zero attached hydrogens (tertiary/aromatic N) is 4. The summed E-state index contributed by atoms with van der Waals surface area (Å²) in [6, 6.07) is 13.8. The van der Waals surface area contributed by atoms with E-state index < -0.39 is 0 Å². The van der Waals surface area contributed by atoms with Crippen LogP contribution < -0.4 is 25.0 Å². The standard InChI is InChI=1S/C23H27ClN6O2/c1-29-8-10-30(11-9-29)18-6-4-16(5-7-18)27-23-25-15-21(24)22(28-23)26-17-12-19(31-2)14-20(13-17)32-3/h4-7,12-15H,8-11H2,1-3H3,(H2,25,26,27,28). The molecule has 2 heterocycles. The van der Waals surface area contributed by atoms with Gasteiger partial charge in [-0.1, -0.05) is 11.6 Å². The van der Waals surface area contributed by atoms with Gasteiger partial charge in [0.15, 0.2) is 5.82 Å². The normalized spacial score (nSPS) is 14.2. The second kappa shape index (κ2) is 9.93. The van der Waals surface area contributed by atoms with Gasteiger partial charge in [0.25, 0.3) is 0 Å². The van der Waals surface area contributed by atoms with Gasteiger partial charge < -0.3 is 29.9 Å². The van der Waals surface area contributed by atoms with E-state index in [1.165, 1.54) is 5.69 Å². The first-order valence-corrected chi connectivity index (χ1v) is 10.7. The van der Waals surface area contributed by atoms with Crippen LogP contribution >= 0.6 is 11.6 Å². The average molecular weight is 455 g/mol. The number of likely N-dealkylation sites (N-methyl/N-ethyl adjacent to an activating group) is 1. The van der Waals surface area contributed by atoms with E-state index in [-0.39, 0.29) is 0 Å². The predicted octanol–water partition coefficient (Wildman–Crippen LogP) is 4.39. The fourth-order valence-electron chi connectivity index (χ4n) is 3.48. The molecule has 0 saturated carbocycles. The van der Waals surface area contributed by atoms with Crippen LogP contribution in [0.2, 0.25) is 5.02 Å². The summed E-state index contributed by atoms with van der Waals surface area (Å²) in [4.78, 5) is 13.6. The number of piperazine rings is 1. The molecular formula is C23H27ClN6O2. The van der Waals surface area contributed by atoms with Crippen LogP contribution in [-0.2, 0) is 0 Å². The molecule has 2 aromatic carbocycles. The quantitative estimate of drug-likeness (QED) is 0.544. The summed E-state index contributed by atoms with van der Waals surface area (Å²) in [7, 11) is 5.37. The number of methoxy groups -OCH3 is 2. The van der Waals surface area contributed by atoms with E-state index >= 15 is 0 Å². The minimum atomic E-state index is 0.405. The molecule has 0 atom stereocenters. The third kappa shape index (κ3) is 5.33. The van der Waals surface area contributed by atoms with Gasteiger partial charge in [-0.2, -0.15) is 4.98 Å². The zero-order valence-corrected chi connectivity index (χ0v) is 19.2. The molecule has 2 N–H and O–H groups in total. The minimum absolute atomic E-state index is 0.405. The molecule has 0 unspecified atom stereocenters. The van der Waals surface area contributed by atoms with Crippen LogP contribution in [0.25, 0.3) is 0 Å². The van der Waals surface area contributed by atoms with Crippen molar-refractivity contribution in [3.05, 3.63) is 53.7 Å². The van der Waals surface area contributed by atoms with Crippen molar-refractivity contribution in [1.29, 1.82) is 0 Å². The molecule has 0 spiro atoms. The smallest absolute Gasteiger partial charge is 0.229 e. The third-order valence-electron chi connectivity index (χ3n) is 5.35. The molecule has 0 bridgehead atoms. The SMILES string of the molecule is COc1cc(Nc2nc(Nc3ccc(N4CCN(C)CC4)cc3)ncc2Cl)cc(OC)c1. The lowest BCUT2D eigenvalue weighted by atomic mass is 10.2. The Morgan fingerprint density at radius 2 is 1.53 bits per heavy atom. The van der Waals surface area contributed by atoms with Crippen molar-refractivity contribution in [3.63, 3.8) is 0 Å². The Kier molecular flexibility index (Phi) is 6.82. The Hall–Kier alpha value is -3.23. The lowest BCUT2D eigenvalue weighted by molar-refractivity contribution is 0.313. The van der Waals surface area contributed by atoms with Crippen molar-refractivity contribution < 1.29 is 9.47 Å². The summed E-state index contributed by atoms with van der Waals surface area (Å²) < 4.78 is 10.6. The van der Waals surface area contributed by atoms with Crippen molar-refractivity contribution >= 4 is 40.4 Å². The van der Waals surface area contributed by atoms with E-state index in [0.29, 0.717) is 28.3 Å².